The van der Waals surface area contributed by atoms with Crippen LogP contribution >= 0.6 is 0 Å². The number of piperidine rings is 1. The van der Waals surface area contributed by atoms with Gasteiger partial charge in [0.1, 0.15) is 5.75 Å². The van der Waals surface area contributed by atoms with Crippen molar-refractivity contribution in [3.63, 3.8) is 0 Å². The minimum atomic E-state index is -0.0963. The molecule has 2 aliphatic rings. The first-order chi connectivity index (χ1) is 12.7. The molecule has 0 aromatic heterocycles. The number of carbonyl (C=O) groups excluding carboxylic acids is 2. The number of carbonyl (C=O) groups is 2. The average molecular weight is 359 g/mol. The normalized spacial score (nSPS) is 18.0. The summed E-state index contributed by atoms with van der Waals surface area (Å²) in [6.45, 7) is 5.80. The number of hydrogen-bond acceptors (Lipinski definition) is 3. The standard InChI is InChI=1S/C20H29N3O3/c1-2-15-26-18-8-4-3-7-17(18)19(24)21-16-9-13-23(14-10-16)20(25)22-11-5-6-12-22/h3-4,7-8,16H,2,5-6,9-15H2,1H3,(H,21,24). The summed E-state index contributed by atoms with van der Waals surface area (Å²) in [7, 11) is 0. The Hall–Kier alpha value is -2.24. The lowest BCUT2D eigenvalue weighted by molar-refractivity contribution is 0.0908. The number of amides is 3. The zero-order chi connectivity index (χ0) is 18.4. The van der Waals surface area contributed by atoms with Crippen LogP contribution in [-0.4, -0.2) is 60.6 Å². The molecule has 2 aliphatic heterocycles. The van der Waals surface area contributed by atoms with Crippen LogP contribution in [0.1, 0.15) is 49.4 Å². The highest BCUT2D eigenvalue weighted by Gasteiger charge is 2.28. The predicted octanol–water partition coefficient (Wildman–Crippen LogP) is 2.89. The van der Waals surface area contributed by atoms with Crippen molar-refractivity contribution in [2.24, 2.45) is 0 Å². The van der Waals surface area contributed by atoms with E-state index in [1.807, 2.05) is 34.9 Å². The molecule has 2 saturated heterocycles. The molecule has 2 fully saturated rings. The fourth-order valence-corrected chi connectivity index (χ4v) is 3.58. The van der Waals surface area contributed by atoms with Crippen molar-refractivity contribution in [1.82, 2.24) is 15.1 Å². The van der Waals surface area contributed by atoms with Crippen LogP contribution < -0.4 is 10.1 Å². The highest BCUT2D eigenvalue weighted by Crippen LogP contribution is 2.20. The Morgan fingerprint density at radius 2 is 1.73 bits per heavy atom. The summed E-state index contributed by atoms with van der Waals surface area (Å²) >= 11 is 0. The summed E-state index contributed by atoms with van der Waals surface area (Å²) in [6, 6.07) is 7.62. The Kier molecular flexibility index (Phi) is 6.36. The van der Waals surface area contributed by atoms with E-state index in [2.05, 4.69) is 5.32 Å². The van der Waals surface area contributed by atoms with Crippen molar-refractivity contribution in [2.45, 2.75) is 45.1 Å². The second-order valence-electron chi connectivity index (χ2n) is 7.06. The minimum Gasteiger partial charge on any atom is -0.493 e. The first-order valence-corrected chi connectivity index (χ1v) is 9.75. The summed E-state index contributed by atoms with van der Waals surface area (Å²) in [5, 5.41) is 3.11. The lowest BCUT2D eigenvalue weighted by Gasteiger charge is -2.34. The molecule has 6 heteroatoms. The second-order valence-corrected chi connectivity index (χ2v) is 7.06. The molecule has 0 unspecified atom stereocenters. The number of nitrogens with one attached hydrogen (secondary N) is 1. The van der Waals surface area contributed by atoms with Gasteiger partial charge in [-0.15, -0.1) is 0 Å². The molecule has 0 spiro atoms. The molecule has 3 amide bonds. The number of ether oxygens (including phenoxy) is 1. The van der Waals surface area contributed by atoms with Crippen molar-refractivity contribution >= 4 is 11.9 Å². The Morgan fingerprint density at radius 3 is 2.42 bits per heavy atom. The molecule has 0 bridgehead atoms. The van der Waals surface area contributed by atoms with Crippen molar-refractivity contribution in [1.29, 1.82) is 0 Å². The molecule has 0 aliphatic carbocycles. The zero-order valence-corrected chi connectivity index (χ0v) is 15.6. The maximum Gasteiger partial charge on any atom is 0.319 e. The van der Waals surface area contributed by atoms with Crippen LogP contribution in [0.25, 0.3) is 0 Å². The topological polar surface area (TPSA) is 61.9 Å². The first kappa shape index (κ1) is 18.5. The molecule has 1 N–H and O–H groups in total. The molecule has 26 heavy (non-hydrogen) atoms. The van der Waals surface area contributed by atoms with Gasteiger partial charge in [0.05, 0.1) is 12.2 Å². The third-order valence-electron chi connectivity index (χ3n) is 5.07. The van der Waals surface area contributed by atoms with Gasteiger partial charge in [0.2, 0.25) is 0 Å². The molecule has 0 radical (unpaired) electrons. The van der Waals surface area contributed by atoms with E-state index < -0.39 is 0 Å². The van der Waals surface area contributed by atoms with E-state index in [4.69, 9.17) is 4.74 Å². The molecule has 1 aromatic carbocycles. The number of benzene rings is 1. The van der Waals surface area contributed by atoms with E-state index in [1.165, 1.54) is 0 Å². The summed E-state index contributed by atoms with van der Waals surface area (Å²) < 4.78 is 5.68. The number of likely N-dealkylation sites (tertiary alicyclic amines) is 2. The van der Waals surface area contributed by atoms with Crippen molar-refractivity contribution < 1.29 is 14.3 Å². The van der Waals surface area contributed by atoms with Gasteiger partial charge in [0, 0.05) is 32.2 Å². The van der Waals surface area contributed by atoms with Gasteiger partial charge in [-0.1, -0.05) is 19.1 Å². The van der Waals surface area contributed by atoms with Gasteiger partial charge < -0.3 is 19.9 Å². The monoisotopic (exact) mass is 359 g/mol. The van der Waals surface area contributed by atoms with E-state index in [0.29, 0.717) is 31.0 Å². The van der Waals surface area contributed by atoms with Gasteiger partial charge in [0.25, 0.3) is 5.91 Å². The van der Waals surface area contributed by atoms with E-state index >= 15 is 0 Å². The van der Waals surface area contributed by atoms with E-state index in [-0.39, 0.29) is 18.0 Å². The SMILES string of the molecule is CCCOc1ccccc1C(=O)NC1CCN(C(=O)N2CCCC2)CC1. The van der Waals surface area contributed by atoms with Gasteiger partial charge in [-0.25, -0.2) is 4.79 Å². The highest BCUT2D eigenvalue weighted by molar-refractivity contribution is 5.97. The second kappa shape index (κ2) is 8.92. The molecule has 142 valence electrons. The largest absolute Gasteiger partial charge is 0.493 e. The number of rotatable bonds is 5. The molecule has 2 heterocycles. The van der Waals surface area contributed by atoms with Gasteiger partial charge in [-0.3, -0.25) is 4.79 Å². The van der Waals surface area contributed by atoms with Crippen molar-refractivity contribution in [2.75, 3.05) is 32.8 Å². The van der Waals surface area contributed by atoms with Crippen molar-refractivity contribution in [3.8, 4) is 5.75 Å². The molecule has 0 saturated carbocycles. The molecular weight excluding hydrogens is 330 g/mol. The summed E-state index contributed by atoms with van der Waals surface area (Å²) in [4.78, 5) is 29.0. The number of nitrogens with zero attached hydrogens (tertiary/aromatic N) is 2. The molecule has 1 aromatic rings. The number of urea groups is 1. The quantitative estimate of drug-likeness (QED) is 0.879. The van der Waals surface area contributed by atoms with E-state index in [0.717, 1.165) is 45.2 Å². The summed E-state index contributed by atoms with van der Waals surface area (Å²) in [5.41, 5.74) is 0.580. The Morgan fingerprint density at radius 1 is 1.08 bits per heavy atom. The Bertz CT molecular complexity index is 620. The molecular formula is C20H29N3O3. The van der Waals surface area contributed by atoms with Crippen LogP contribution in [0.4, 0.5) is 4.79 Å². The van der Waals surface area contributed by atoms with Crippen LogP contribution in [0.3, 0.4) is 0 Å². The van der Waals surface area contributed by atoms with Gasteiger partial charge in [-0.05, 0) is 44.2 Å². The maximum absolute atomic E-state index is 12.6. The van der Waals surface area contributed by atoms with Crippen LogP contribution in [0, 0.1) is 0 Å². The van der Waals surface area contributed by atoms with E-state index in [9.17, 15) is 9.59 Å². The lowest BCUT2D eigenvalue weighted by atomic mass is 10.0. The Balaban J connectivity index is 1.51. The molecule has 0 atom stereocenters. The third kappa shape index (κ3) is 4.48. The summed E-state index contributed by atoms with van der Waals surface area (Å²) in [5.74, 6) is 0.537. The average Bonchev–Trinajstić information content (AvgIpc) is 3.21. The minimum absolute atomic E-state index is 0.0963. The van der Waals surface area contributed by atoms with E-state index in [1.54, 1.807) is 6.07 Å². The van der Waals surface area contributed by atoms with Gasteiger partial charge in [0.15, 0.2) is 0 Å². The fourth-order valence-electron chi connectivity index (χ4n) is 3.58. The molecule has 3 rings (SSSR count). The zero-order valence-electron chi connectivity index (χ0n) is 15.6. The smallest absolute Gasteiger partial charge is 0.319 e. The Labute approximate surface area is 155 Å². The number of para-hydroxylation sites is 1. The van der Waals surface area contributed by atoms with Gasteiger partial charge in [-0.2, -0.15) is 0 Å². The summed E-state index contributed by atoms with van der Waals surface area (Å²) in [6.07, 6.45) is 4.71. The fraction of sp³-hybridized carbons (Fsp3) is 0.600. The van der Waals surface area contributed by atoms with Crippen LogP contribution in [0.5, 0.6) is 5.75 Å². The number of hydrogen-bond donors (Lipinski definition) is 1. The van der Waals surface area contributed by atoms with Crippen LogP contribution in [-0.2, 0) is 0 Å². The maximum atomic E-state index is 12.6. The predicted molar refractivity (Wildman–Crippen MR) is 100 cm³/mol. The van der Waals surface area contributed by atoms with Crippen LogP contribution in [0.2, 0.25) is 0 Å². The third-order valence-corrected chi connectivity index (χ3v) is 5.07. The van der Waals surface area contributed by atoms with Crippen LogP contribution in [0.15, 0.2) is 24.3 Å². The molecule has 6 nitrogen and oxygen atoms in total. The highest BCUT2D eigenvalue weighted by atomic mass is 16.5. The lowest BCUT2D eigenvalue weighted by Crippen LogP contribution is -2.50. The van der Waals surface area contributed by atoms with Gasteiger partial charge >= 0.3 is 6.03 Å². The first-order valence-electron chi connectivity index (χ1n) is 9.75. The van der Waals surface area contributed by atoms with Crippen molar-refractivity contribution in [3.05, 3.63) is 29.8 Å².